The molecule has 0 atom stereocenters. The fourth-order valence-electron chi connectivity index (χ4n) is 1.83. The second kappa shape index (κ2) is 5.52. The summed E-state index contributed by atoms with van der Waals surface area (Å²) in [6.45, 7) is 0. The Morgan fingerprint density at radius 1 is 0.950 bits per heavy atom. The zero-order valence-electron chi connectivity index (χ0n) is 11.3. The van der Waals surface area contributed by atoms with E-state index in [-0.39, 0.29) is 5.70 Å². The van der Waals surface area contributed by atoms with Gasteiger partial charge in [-0.2, -0.15) is 0 Å². The molecule has 1 heterocycles. The number of hydrogen-bond acceptors (Lipinski definition) is 5. The van der Waals surface area contributed by atoms with Crippen molar-refractivity contribution < 1.29 is 23.8 Å². The van der Waals surface area contributed by atoms with Gasteiger partial charge in [0.2, 0.25) is 5.75 Å². The third kappa shape index (κ3) is 2.51. The normalized spacial score (nSPS) is 15.8. The van der Waals surface area contributed by atoms with Crippen molar-refractivity contribution in [1.82, 2.24) is 10.6 Å². The summed E-state index contributed by atoms with van der Waals surface area (Å²) in [4.78, 5) is 22.5. The number of methoxy groups -OCH3 is 3. The van der Waals surface area contributed by atoms with Crippen LogP contribution in [-0.4, -0.2) is 33.3 Å². The van der Waals surface area contributed by atoms with Gasteiger partial charge in [0.05, 0.1) is 21.3 Å². The molecule has 0 aromatic heterocycles. The van der Waals surface area contributed by atoms with E-state index in [1.165, 1.54) is 27.4 Å². The van der Waals surface area contributed by atoms with Gasteiger partial charge >= 0.3 is 6.03 Å². The average molecular weight is 278 g/mol. The number of urea groups is 1. The van der Waals surface area contributed by atoms with Gasteiger partial charge in [0.15, 0.2) is 11.5 Å². The fourth-order valence-corrected chi connectivity index (χ4v) is 1.83. The Labute approximate surface area is 115 Å². The quantitative estimate of drug-likeness (QED) is 0.631. The lowest BCUT2D eigenvalue weighted by Crippen LogP contribution is -2.22. The SMILES string of the molecule is COc1cc(/C=C2/NC(=O)NC2=O)cc(OC)c1OC. The maximum Gasteiger partial charge on any atom is 0.326 e. The molecule has 1 aromatic carbocycles. The van der Waals surface area contributed by atoms with Crippen LogP contribution in [0.25, 0.3) is 6.08 Å². The smallest absolute Gasteiger partial charge is 0.326 e. The molecule has 106 valence electrons. The zero-order chi connectivity index (χ0) is 14.7. The molecule has 0 aliphatic carbocycles. The Morgan fingerprint density at radius 3 is 1.95 bits per heavy atom. The predicted molar refractivity (Wildman–Crippen MR) is 70.7 cm³/mol. The van der Waals surface area contributed by atoms with E-state index in [1.807, 2.05) is 0 Å². The van der Waals surface area contributed by atoms with Gasteiger partial charge in [0.1, 0.15) is 5.70 Å². The summed E-state index contributed by atoms with van der Waals surface area (Å²) in [6, 6.07) is 2.80. The average Bonchev–Trinajstić information content (AvgIpc) is 2.75. The molecule has 0 radical (unpaired) electrons. The third-order valence-corrected chi connectivity index (χ3v) is 2.72. The summed E-state index contributed by atoms with van der Waals surface area (Å²) < 4.78 is 15.6. The van der Waals surface area contributed by atoms with Gasteiger partial charge in [-0.3, -0.25) is 10.1 Å². The Balaban J connectivity index is 2.45. The topological polar surface area (TPSA) is 85.9 Å². The second-order valence-electron chi connectivity index (χ2n) is 3.92. The van der Waals surface area contributed by atoms with Gasteiger partial charge in [-0.25, -0.2) is 4.79 Å². The van der Waals surface area contributed by atoms with Crippen LogP contribution in [0.2, 0.25) is 0 Å². The monoisotopic (exact) mass is 278 g/mol. The fraction of sp³-hybridized carbons (Fsp3) is 0.231. The first-order valence-corrected chi connectivity index (χ1v) is 5.73. The zero-order valence-corrected chi connectivity index (χ0v) is 11.3. The predicted octanol–water partition coefficient (Wildman–Crippen LogP) is 0.893. The summed E-state index contributed by atoms with van der Waals surface area (Å²) in [5.74, 6) is 0.896. The first kappa shape index (κ1) is 13.7. The molecule has 2 N–H and O–H groups in total. The van der Waals surface area contributed by atoms with Crippen LogP contribution >= 0.6 is 0 Å². The third-order valence-electron chi connectivity index (χ3n) is 2.72. The number of carbonyl (C=O) groups is 2. The maximum atomic E-state index is 11.5. The molecule has 1 aromatic rings. The minimum absolute atomic E-state index is 0.157. The van der Waals surface area contributed by atoms with Crippen LogP contribution in [0.5, 0.6) is 17.2 Å². The molecule has 1 saturated heterocycles. The van der Waals surface area contributed by atoms with Crippen LogP contribution in [0, 0.1) is 0 Å². The van der Waals surface area contributed by atoms with Gasteiger partial charge in [0, 0.05) is 0 Å². The molecule has 0 unspecified atom stereocenters. The second-order valence-corrected chi connectivity index (χ2v) is 3.92. The van der Waals surface area contributed by atoms with Crippen molar-refractivity contribution in [2.75, 3.05) is 21.3 Å². The number of amides is 3. The lowest BCUT2D eigenvalue weighted by molar-refractivity contribution is -0.115. The van der Waals surface area contributed by atoms with Gasteiger partial charge in [-0.05, 0) is 23.8 Å². The van der Waals surface area contributed by atoms with Gasteiger partial charge in [-0.15, -0.1) is 0 Å². The minimum Gasteiger partial charge on any atom is -0.493 e. The number of benzene rings is 1. The molecule has 20 heavy (non-hydrogen) atoms. The lowest BCUT2D eigenvalue weighted by atomic mass is 10.1. The standard InChI is InChI=1S/C13H14N2O5/c1-18-9-5-7(6-10(19-2)11(9)20-3)4-8-12(16)15-13(17)14-8/h4-6H,1-3H3,(H2,14,15,16,17)/b8-4+. The first-order valence-electron chi connectivity index (χ1n) is 5.73. The number of nitrogens with one attached hydrogen (secondary N) is 2. The number of ether oxygens (including phenoxy) is 3. The van der Waals surface area contributed by atoms with Crippen molar-refractivity contribution in [2.24, 2.45) is 0 Å². The number of hydrogen-bond donors (Lipinski definition) is 2. The molecular weight excluding hydrogens is 264 g/mol. The van der Waals surface area contributed by atoms with Crippen molar-refractivity contribution in [3.05, 3.63) is 23.4 Å². The Kier molecular flexibility index (Phi) is 3.79. The van der Waals surface area contributed by atoms with Crippen LogP contribution < -0.4 is 24.8 Å². The van der Waals surface area contributed by atoms with E-state index in [0.717, 1.165) is 0 Å². The Morgan fingerprint density at radius 2 is 1.55 bits per heavy atom. The van der Waals surface area contributed by atoms with Crippen LogP contribution in [0.3, 0.4) is 0 Å². The molecule has 1 fully saturated rings. The maximum absolute atomic E-state index is 11.5. The lowest BCUT2D eigenvalue weighted by Gasteiger charge is -2.13. The van der Waals surface area contributed by atoms with E-state index in [9.17, 15) is 9.59 Å². The number of imide groups is 1. The van der Waals surface area contributed by atoms with Crippen molar-refractivity contribution in [3.63, 3.8) is 0 Å². The van der Waals surface area contributed by atoms with Gasteiger partial charge < -0.3 is 19.5 Å². The van der Waals surface area contributed by atoms with Crippen molar-refractivity contribution in [3.8, 4) is 17.2 Å². The number of carbonyl (C=O) groups excluding carboxylic acids is 2. The molecule has 1 aliphatic rings. The summed E-state index contributed by atoms with van der Waals surface area (Å²) in [7, 11) is 4.50. The molecule has 2 rings (SSSR count). The largest absolute Gasteiger partial charge is 0.493 e. The molecule has 7 heteroatoms. The van der Waals surface area contributed by atoms with E-state index in [4.69, 9.17) is 14.2 Å². The van der Waals surface area contributed by atoms with E-state index in [1.54, 1.807) is 12.1 Å². The molecule has 7 nitrogen and oxygen atoms in total. The first-order chi connectivity index (χ1) is 9.58. The van der Waals surface area contributed by atoms with Crippen molar-refractivity contribution in [2.45, 2.75) is 0 Å². The highest BCUT2D eigenvalue weighted by atomic mass is 16.5. The Hall–Kier alpha value is -2.70. The summed E-state index contributed by atoms with van der Waals surface area (Å²) >= 11 is 0. The van der Waals surface area contributed by atoms with E-state index in [0.29, 0.717) is 22.8 Å². The molecule has 0 bridgehead atoms. The van der Waals surface area contributed by atoms with E-state index >= 15 is 0 Å². The van der Waals surface area contributed by atoms with Crippen LogP contribution in [0.4, 0.5) is 4.79 Å². The van der Waals surface area contributed by atoms with Gasteiger partial charge in [0.25, 0.3) is 5.91 Å². The number of rotatable bonds is 4. The highest BCUT2D eigenvalue weighted by Crippen LogP contribution is 2.38. The summed E-state index contributed by atoms with van der Waals surface area (Å²) in [5, 5.41) is 4.53. The Bertz CT molecular complexity index is 569. The minimum atomic E-state index is -0.548. The summed E-state index contributed by atoms with van der Waals surface area (Å²) in [6.07, 6.45) is 1.52. The molecule has 0 spiro atoms. The van der Waals surface area contributed by atoms with Crippen LogP contribution in [0.1, 0.15) is 5.56 Å². The van der Waals surface area contributed by atoms with Crippen molar-refractivity contribution >= 4 is 18.0 Å². The van der Waals surface area contributed by atoms with Crippen LogP contribution in [0.15, 0.2) is 17.8 Å². The molecular formula is C13H14N2O5. The molecule has 3 amide bonds. The van der Waals surface area contributed by atoms with Gasteiger partial charge in [-0.1, -0.05) is 0 Å². The van der Waals surface area contributed by atoms with E-state index in [2.05, 4.69) is 10.6 Å². The summed E-state index contributed by atoms with van der Waals surface area (Å²) in [5.41, 5.74) is 0.788. The molecule has 1 aliphatic heterocycles. The van der Waals surface area contributed by atoms with Crippen LogP contribution in [-0.2, 0) is 4.79 Å². The van der Waals surface area contributed by atoms with Crippen molar-refractivity contribution in [1.29, 1.82) is 0 Å². The van der Waals surface area contributed by atoms with E-state index < -0.39 is 11.9 Å². The molecule has 0 saturated carbocycles. The highest BCUT2D eigenvalue weighted by Gasteiger charge is 2.23. The highest BCUT2D eigenvalue weighted by molar-refractivity contribution is 6.14.